The summed E-state index contributed by atoms with van der Waals surface area (Å²) >= 11 is 0. The molecule has 0 radical (unpaired) electrons. The fourth-order valence-corrected chi connectivity index (χ4v) is 3.28. The highest BCUT2D eigenvalue weighted by atomic mass is 16.5. The van der Waals surface area contributed by atoms with Crippen LogP contribution in [0, 0.1) is 0 Å². The lowest BCUT2D eigenvalue weighted by Crippen LogP contribution is -2.51. The van der Waals surface area contributed by atoms with E-state index in [1.165, 1.54) is 0 Å². The fourth-order valence-electron chi connectivity index (χ4n) is 3.28. The second-order valence-corrected chi connectivity index (χ2v) is 6.20. The number of ether oxygens (including phenoxy) is 1. The first-order valence-electron chi connectivity index (χ1n) is 8.42. The zero-order valence-corrected chi connectivity index (χ0v) is 13.5. The van der Waals surface area contributed by atoms with E-state index in [1.54, 1.807) is 0 Å². The highest BCUT2D eigenvalue weighted by Crippen LogP contribution is 2.23. The maximum atomic E-state index is 12.4. The van der Waals surface area contributed by atoms with E-state index in [-0.39, 0.29) is 12.1 Å². The molecule has 2 amide bonds. The number of fused-ring (bicyclic) bond motifs is 1. The summed E-state index contributed by atoms with van der Waals surface area (Å²) in [5.41, 5.74) is 1.05. The lowest BCUT2D eigenvalue weighted by atomic mass is 10.1. The largest absolute Gasteiger partial charge is 0.378 e. The Hall–Kier alpha value is -2.41. The van der Waals surface area contributed by atoms with Gasteiger partial charge in [0.1, 0.15) is 5.82 Å². The molecule has 1 unspecified atom stereocenters. The van der Waals surface area contributed by atoms with Gasteiger partial charge < -0.3 is 19.5 Å². The van der Waals surface area contributed by atoms with Crippen LogP contribution in [0.1, 0.15) is 12.2 Å². The van der Waals surface area contributed by atoms with Crippen molar-refractivity contribution in [1.29, 1.82) is 0 Å². The van der Waals surface area contributed by atoms with Gasteiger partial charge in [0.05, 0.1) is 13.2 Å². The van der Waals surface area contributed by atoms with Crippen LogP contribution in [-0.2, 0) is 17.7 Å². The van der Waals surface area contributed by atoms with E-state index in [1.807, 2.05) is 35.2 Å². The van der Waals surface area contributed by atoms with Crippen LogP contribution in [0.3, 0.4) is 0 Å². The summed E-state index contributed by atoms with van der Waals surface area (Å²) in [6, 6.07) is 10.2. The average molecular weight is 327 g/mol. The molecule has 1 fully saturated rings. The van der Waals surface area contributed by atoms with Crippen LogP contribution in [0.25, 0.3) is 11.4 Å². The normalized spacial score (nSPS) is 20.5. The molecular weight excluding hydrogens is 306 g/mol. The first-order valence-corrected chi connectivity index (χ1v) is 8.42. The molecule has 0 bridgehead atoms. The number of hydrogen-bond acceptors (Lipinski definition) is 4. The molecule has 1 saturated heterocycles. The molecule has 0 spiro atoms. The van der Waals surface area contributed by atoms with Crippen molar-refractivity contribution < 1.29 is 9.53 Å². The molecule has 1 N–H and O–H groups in total. The number of morpholine rings is 1. The van der Waals surface area contributed by atoms with E-state index in [2.05, 4.69) is 20.1 Å². The molecule has 4 rings (SSSR count). The van der Waals surface area contributed by atoms with Crippen molar-refractivity contribution in [2.75, 3.05) is 26.3 Å². The average Bonchev–Trinajstić information content (AvgIpc) is 3.06. The molecule has 2 aliphatic heterocycles. The maximum absolute atomic E-state index is 12.4. The SMILES string of the molecule is O=C(NC1CCc2nnc(-c3ccccc3)n2C1)N1CCOCC1. The number of carbonyl (C=O) groups excluding carboxylic acids is 1. The van der Waals surface area contributed by atoms with E-state index >= 15 is 0 Å². The predicted octanol–water partition coefficient (Wildman–Crippen LogP) is 1.30. The number of nitrogens with zero attached hydrogens (tertiary/aromatic N) is 4. The Balaban J connectivity index is 1.47. The van der Waals surface area contributed by atoms with Crippen LogP contribution >= 0.6 is 0 Å². The predicted molar refractivity (Wildman–Crippen MR) is 88.5 cm³/mol. The minimum atomic E-state index is 0.00101. The lowest BCUT2D eigenvalue weighted by Gasteiger charge is -2.31. The van der Waals surface area contributed by atoms with Crippen molar-refractivity contribution in [3.05, 3.63) is 36.2 Å². The highest BCUT2D eigenvalue weighted by Gasteiger charge is 2.26. The molecule has 2 aromatic rings. The minimum Gasteiger partial charge on any atom is -0.378 e. The molecule has 24 heavy (non-hydrogen) atoms. The van der Waals surface area contributed by atoms with Crippen LogP contribution in [0.2, 0.25) is 0 Å². The molecular formula is C17H21N5O2. The van der Waals surface area contributed by atoms with E-state index in [4.69, 9.17) is 4.74 Å². The Morgan fingerprint density at radius 2 is 1.96 bits per heavy atom. The number of benzene rings is 1. The molecule has 1 atom stereocenters. The Morgan fingerprint density at radius 3 is 2.75 bits per heavy atom. The third-order valence-electron chi connectivity index (χ3n) is 4.60. The van der Waals surface area contributed by atoms with Gasteiger partial charge in [-0.3, -0.25) is 0 Å². The smallest absolute Gasteiger partial charge is 0.317 e. The topological polar surface area (TPSA) is 72.3 Å². The number of hydrogen-bond donors (Lipinski definition) is 1. The monoisotopic (exact) mass is 327 g/mol. The van der Waals surface area contributed by atoms with Crippen LogP contribution in [0.4, 0.5) is 4.79 Å². The van der Waals surface area contributed by atoms with E-state index in [0.717, 1.165) is 30.1 Å². The standard InChI is InChI=1S/C17H21N5O2/c23-17(21-8-10-24-11-9-21)18-14-6-7-15-19-20-16(22(15)12-14)13-4-2-1-3-5-13/h1-5,14H,6-12H2,(H,18,23). The van der Waals surface area contributed by atoms with Crippen molar-refractivity contribution in [1.82, 2.24) is 25.0 Å². The van der Waals surface area contributed by atoms with Crippen LogP contribution < -0.4 is 5.32 Å². The Morgan fingerprint density at radius 1 is 1.17 bits per heavy atom. The van der Waals surface area contributed by atoms with Gasteiger partial charge in [-0.2, -0.15) is 0 Å². The molecule has 7 nitrogen and oxygen atoms in total. The first-order chi connectivity index (χ1) is 11.8. The molecule has 2 aliphatic rings. The second kappa shape index (κ2) is 6.60. The number of aryl methyl sites for hydroxylation is 1. The first kappa shape index (κ1) is 15.1. The lowest BCUT2D eigenvalue weighted by molar-refractivity contribution is 0.0521. The zero-order chi connectivity index (χ0) is 16.4. The van der Waals surface area contributed by atoms with Gasteiger partial charge in [0.25, 0.3) is 0 Å². The number of rotatable bonds is 2. The van der Waals surface area contributed by atoms with Gasteiger partial charge in [0.15, 0.2) is 5.82 Å². The summed E-state index contributed by atoms with van der Waals surface area (Å²) in [5, 5.41) is 11.8. The van der Waals surface area contributed by atoms with Crippen molar-refractivity contribution in [3.63, 3.8) is 0 Å². The summed E-state index contributed by atoms with van der Waals surface area (Å²) in [6.45, 7) is 3.26. The van der Waals surface area contributed by atoms with Crippen LogP contribution in [0.15, 0.2) is 30.3 Å². The van der Waals surface area contributed by atoms with Gasteiger partial charge in [-0.25, -0.2) is 4.79 Å². The number of carbonyl (C=O) groups is 1. The summed E-state index contributed by atoms with van der Waals surface area (Å²) in [6.07, 6.45) is 1.72. The molecule has 1 aromatic heterocycles. The third-order valence-corrected chi connectivity index (χ3v) is 4.60. The second-order valence-electron chi connectivity index (χ2n) is 6.20. The van der Waals surface area contributed by atoms with Crippen LogP contribution in [-0.4, -0.2) is 58.0 Å². The van der Waals surface area contributed by atoms with Gasteiger partial charge in [0, 0.05) is 37.7 Å². The molecule has 1 aromatic carbocycles. The van der Waals surface area contributed by atoms with Gasteiger partial charge in [-0.15, -0.1) is 10.2 Å². The molecule has 126 valence electrons. The molecule has 3 heterocycles. The Kier molecular flexibility index (Phi) is 4.17. The highest BCUT2D eigenvalue weighted by molar-refractivity contribution is 5.74. The van der Waals surface area contributed by atoms with Crippen molar-refractivity contribution in [2.24, 2.45) is 0 Å². The van der Waals surface area contributed by atoms with E-state index in [0.29, 0.717) is 32.8 Å². The van der Waals surface area contributed by atoms with Gasteiger partial charge in [-0.05, 0) is 6.42 Å². The molecule has 0 saturated carbocycles. The number of nitrogens with one attached hydrogen (secondary N) is 1. The van der Waals surface area contributed by atoms with Crippen molar-refractivity contribution >= 4 is 6.03 Å². The number of urea groups is 1. The summed E-state index contributed by atoms with van der Waals surface area (Å²) in [7, 11) is 0. The van der Waals surface area contributed by atoms with E-state index < -0.39 is 0 Å². The summed E-state index contributed by atoms with van der Waals surface area (Å²) < 4.78 is 7.43. The quantitative estimate of drug-likeness (QED) is 0.902. The van der Waals surface area contributed by atoms with Crippen molar-refractivity contribution in [2.45, 2.75) is 25.4 Å². The number of aromatic nitrogens is 3. The zero-order valence-electron chi connectivity index (χ0n) is 13.5. The van der Waals surface area contributed by atoms with E-state index in [9.17, 15) is 4.79 Å². The maximum Gasteiger partial charge on any atom is 0.317 e. The van der Waals surface area contributed by atoms with Crippen molar-refractivity contribution in [3.8, 4) is 11.4 Å². The minimum absolute atomic E-state index is 0.00101. The fraction of sp³-hybridized carbons (Fsp3) is 0.471. The molecule has 0 aliphatic carbocycles. The number of amides is 2. The summed E-state index contributed by atoms with van der Waals surface area (Å²) in [5.74, 6) is 1.86. The van der Waals surface area contributed by atoms with Crippen LogP contribution in [0.5, 0.6) is 0 Å². The molecule has 7 heteroatoms. The Bertz CT molecular complexity index is 709. The Labute approximate surface area is 140 Å². The van der Waals surface area contributed by atoms with Gasteiger partial charge in [-0.1, -0.05) is 30.3 Å². The summed E-state index contributed by atoms with van der Waals surface area (Å²) in [4.78, 5) is 14.2. The van der Waals surface area contributed by atoms with Gasteiger partial charge in [0.2, 0.25) is 0 Å². The van der Waals surface area contributed by atoms with Gasteiger partial charge >= 0.3 is 6.03 Å². The third kappa shape index (κ3) is 2.99.